The van der Waals surface area contributed by atoms with Gasteiger partial charge in [-0.3, -0.25) is 19.8 Å². The fraction of sp³-hybridized carbons (Fsp3) is 0.208. The molecule has 0 atom stereocenters. The number of rotatable bonds is 10. The van der Waals surface area contributed by atoms with Gasteiger partial charge in [0, 0.05) is 43.7 Å². The second-order valence-electron chi connectivity index (χ2n) is 7.39. The smallest absolute Gasteiger partial charge is 0.270 e. The maximum absolute atomic E-state index is 13.2. The molecule has 174 valence electrons. The summed E-state index contributed by atoms with van der Waals surface area (Å²) in [6.45, 7) is 3.65. The zero-order valence-corrected chi connectivity index (χ0v) is 19.4. The minimum absolute atomic E-state index is 0.0249. The Balaban J connectivity index is 1.57. The molecule has 1 amide bonds. The minimum atomic E-state index is -0.459. The molecule has 10 heteroatoms. The van der Waals surface area contributed by atoms with E-state index in [1.807, 2.05) is 35.9 Å². The van der Waals surface area contributed by atoms with E-state index < -0.39 is 4.92 Å². The molecule has 0 radical (unpaired) electrons. The molecule has 0 saturated carbocycles. The molecule has 9 nitrogen and oxygen atoms in total. The van der Waals surface area contributed by atoms with Crippen LogP contribution in [0, 0.1) is 10.1 Å². The van der Waals surface area contributed by atoms with Crippen molar-refractivity contribution in [1.29, 1.82) is 0 Å². The van der Waals surface area contributed by atoms with Crippen LogP contribution in [0.4, 0.5) is 10.8 Å². The van der Waals surface area contributed by atoms with Crippen LogP contribution in [-0.2, 0) is 11.3 Å². The van der Waals surface area contributed by atoms with Crippen LogP contribution in [0.15, 0.2) is 67.3 Å². The van der Waals surface area contributed by atoms with Gasteiger partial charge in [0.25, 0.3) is 11.6 Å². The molecule has 0 unspecified atom stereocenters. The molecule has 2 heterocycles. The summed E-state index contributed by atoms with van der Waals surface area (Å²) in [6, 6.07) is 11.8. The quantitative estimate of drug-likeness (QED) is 0.182. The van der Waals surface area contributed by atoms with Gasteiger partial charge < -0.3 is 9.30 Å². The van der Waals surface area contributed by atoms with Crippen LogP contribution in [0.1, 0.15) is 18.9 Å². The topological polar surface area (TPSA) is 103 Å². The number of aromatic nitrogens is 3. The summed E-state index contributed by atoms with van der Waals surface area (Å²) < 4.78 is 8.46. The van der Waals surface area contributed by atoms with E-state index in [-0.39, 0.29) is 11.6 Å². The predicted molar refractivity (Wildman–Crippen MR) is 132 cm³/mol. The van der Waals surface area contributed by atoms with Gasteiger partial charge in [0.2, 0.25) is 0 Å². The molecule has 0 saturated heterocycles. The normalized spacial score (nSPS) is 11.2. The van der Waals surface area contributed by atoms with Crippen LogP contribution in [0.3, 0.4) is 0 Å². The highest BCUT2D eigenvalue weighted by molar-refractivity contribution is 7.22. The highest BCUT2D eigenvalue weighted by Crippen LogP contribution is 2.32. The molecule has 0 spiro atoms. The van der Waals surface area contributed by atoms with Crippen molar-refractivity contribution in [3.8, 4) is 5.75 Å². The van der Waals surface area contributed by atoms with Gasteiger partial charge in [0.05, 0.1) is 28.1 Å². The maximum atomic E-state index is 13.2. The maximum Gasteiger partial charge on any atom is 0.270 e. The zero-order chi connectivity index (χ0) is 23.9. The number of thiazole rings is 1. The number of imidazole rings is 1. The lowest BCUT2D eigenvalue weighted by Gasteiger charge is -2.18. The number of amides is 1. The Bertz CT molecular complexity index is 1320. The molecule has 0 N–H and O–H groups in total. The number of hydrogen-bond acceptors (Lipinski definition) is 7. The Kier molecular flexibility index (Phi) is 7.28. The Labute approximate surface area is 200 Å². The first-order valence-corrected chi connectivity index (χ1v) is 11.6. The van der Waals surface area contributed by atoms with Gasteiger partial charge in [-0.05, 0) is 43.2 Å². The lowest BCUT2D eigenvalue weighted by molar-refractivity contribution is -0.384. The lowest BCUT2D eigenvalue weighted by Crippen LogP contribution is -2.30. The summed E-state index contributed by atoms with van der Waals surface area (Å²) in [5, 5.41) is 11.6. The SMILES string of the molecule is CCOc1ccc2nc(N(CCCn3ccnc3)C(=O)/C=C/c3cccc([N+](=O)[O-])c3)sc2c1. The summed E-state index contributed by atoms with van der Waals surface area (Å²) in [5.41, 5.74) is 1.34. The van der Waals surface area contributed by atoms with Crippen molar-refractivity contribution < 1.29 is 14.5 Å². The van der Waals surface area contributed by atoms with Crippen LogP contribution in [0.25, 0.3) is 16.3 Å². The van der Waals surface area contributed by atoms with Gasteiger partial charge in [-0.15, -0.1) is 0 Å². The highest BCUT2D eigenvalue weighted by atomic mass is 32.1. The molecule has 0 aliphatic heterocycles. The number of carbonyl (C=O) groups is 1. The van der Waals surface area contributed by atoms with Crippen LogP contribution in [0.2, 0.25) is 0 Å². The third-order valence-electron chi connectivity index (χ3n) is 5.01. The van der Waals surface area contributed by atoms with Gasteiger partial charge in [-0.1, -0.05) is 23.5 Å². The minimum Gasteiger partial charge on any atom is -0.494 e. The molecule has 2 aromatic carbocycles. The van der Waals surface area contributed by atoms with Crippen molar-refractivity contribution >= 4 is 44.4 Å². The van der Waals surface area contributed by atoms with Gasteiger partial charge in [0.1, 0.15) is 5.75 Å². The fourth-order valence-electron chi connectivity index (χ4n) is 3.39. The van der Waals surface area contributed by atoms with Crippen molar-refractivity contribution in [2.45, 2.75) is 19.9 Å². The van der Waals surface area contributed by atoms with Crippen LogP contribution >= 0.6 is 11.3 Å². The van der Waals surface area contributed by atoms with E-state index in [4.69, 9.17) is 4.74 Å². The van der Waals surface area contributed by atoms with Crippen molar-refractivity contribution in [3.05, 3.63) is 82.9 Å². The number of aryl methyl sites for hydroxylation is 1. The van der Waals surface area contributed by atoms with E-state index in [0.717, 1.165) is 16.0 Å². The first kappa shape index (κ1) is 23.1. The second kappa shape index (κ2) is 10.7. The zero-order valence-electron chi connectivity index (χ0n) is 18.5. The molecule has 0 bridgehead atoms. The number of fused-ring (bicyclic) bond motifs is 1. The van der Waals surface area contributed by atoms with Gasteiger partial charge in [0.15, 0.2) is 5.13 Å². The largest absolute Gasteiger partial charge is 0.494 e. The third-order valence-corrected chi connectivity index (χ3v) is 6.05. The molecule has 0 aliphatic carbocycles. The number of nitro benzene ring substituents is 1. The summed E-state index contributed by atoms with van der Waals surface area (Å²) in [4.78, 5) is 34.1. The Morgan fingerprint density at radius 1 is 1.29 bits per heavy atom. The second-order valence-corrected chi connectivity index (χ2v) is 8.40. The number of non-ortho nitro benzene ring substituents is 1. The molecule has 0 fully saturated rings. The van der Waals surface area contributed by atoms with Crippen molar-refractivity contribution in [2.24, 2.45) is 0 Å². The number of nitrogens with zero attached hydrogens (tertiary/aromatic N) is 5. The average molecular weight is 478 g/mol. The van der Waals surface area contributed by atoms with E-state index in [2.05, 4.69) is 9.97 Å². The lowest BCUT2D eigenvalue weighted by atomic mass is 10.2. The van der Waals surface area contributed by atoms with Crippen molar-refractivity contribution in [3.63, 3.8) is 0 Å². The average Bonchev–Trinajstić information content (AvgIpc) is 3.50. The Hall–Kier alpha value is -4.05. The van der Waals surface area contributed by atoms with Crippen LogP contribution in [0.5, 0.6) is 5.75 Å². The number of hydrogen-bond donors (Lipinski definition) is 0. The predicted octanol–water partition coefficient (Wildman–Crippen LogP) is 4.94. The van der Waals surface area contributed by atoms with Crippen LogP contribution < -0.4 is 9.64 Å². The van der Waals surface area contributed by atoms with Gasteiger partial charge >= 0.3 is 0 Å². The van der Waals surface area contributed by atoms with E-state index in [1.54, 1.807) is 35.6 Å². The number of carbonyl (C=O) groups excluding carboxylic acids is 1. The van der Waals surface area contributed by atoms with E-state index in [9.17, 15) is 14.9 Å². The fourth-order valence-corrected chi connectivity index (χ4v) is 4.42. The molecule has 4 rings (SSSR count). The van der Waals surface area contributed by atoms with E-state index in [1.165, 1.54) is 29.5 Å². The Morgan fingerprint density at radius 3 is 2.94 bits per heavy atom. The molecule has 2 aromatic heterocycles. The van der Waals surface area contributed by atoms with E-state index >= 15 is 0 Å². The van der Waals surface area contributed by atoms with Crippen LogP contribution in [-0.4, -0.2) is 38.5 Å². The first-order valence-electron chi connectivity index (χ1n) is 10.8. The molecule has 4 aromatic rings. The summed E-state index contributed by atoms with van der Waals surface area (Å²) in [6.07, 6.45) is 9.04. The van der Waals surface area contributed by atoms with Crippen molar-refractivity contribution in [1.82, 2.24) is 14.5 Å². The standard InChI is InChI=1S/C24H23N5O4S/c1-2-33-20-8-9-21-22(16-20)34-24(26-21)28(13-4-12-27-14-11-25-17-27)23(30)10-7-18-5-3-6-19(15-18)29(31)32/h3,5-11,14-17H,2,4,12-13H2,1H3/b10-7+. The number of nitro groups is 1. The summed E-state index contributed by atoms with van der Waals surface area (Å²) in [5.74, 6) is 0.509. The summed E-state index contributed by atoms with van der Waals surface area (Å²) in [7, 11) is 0. The highest BCUT2D eigenvalue weighted by Gasteiger charge is 2.18. The van der Waals surface area contributed by atoms with E-state index in [0.29, 0.717) is 36.8 Å². The Morgan fingerprint density at radius 2 is 2.18 bits per heavy atom. The first-order chi connectivity index (χ1) is 16.5. The molecular formula is C24H23N5O4S. The van der Waals surface area contributed by atoms with Crippen molar-refractivity contribution in [2.75, 3.05) is 18.1 Å². The number of anilines is 1. The van der Waals surface area contributed by atoms with Gasteiger partial charge in [-0.25, -0.2) is 9.97 Å². The molecular weight excluding hydrogens is 454 g/mol. The summed E-state index contributed by atoms with van der Waals surface area (Å²) >= 11 is 1.42. The number of benzene rings is 2. The molecule has 0 aliphatic rings. The molecule has 34 heavy (non-hydrogen) atoms. The van der Waals surface area contributed by atoms with Gasteiger partial charge in [-0.2, -0.15) is 0 Å². The monoisotopic (exact) mass is 477 g/mol. The number of ether oxygens (including phenoxy) is 1. The third kappa shape index (κ3) is 5.65.